The molecule has 0 unspecified atom stereocenters. The van der Waals surface area contributed by atoms with Gasteiger partial charge in [0, 0.05) is 26.1 Å². The van der Waals surface area contributed by atoms with Gasteiger partial charge in [0.15, 0.2) is 0 Å². The van der Waals surface area contributed by atoms with Crippen molar-refractivity contribution >= 4 is 23.2 Å². The molecule has 0 spiro atoms. The molecule has 1 amide bonds. The van der Waals surface area contributed by atoms with E-state index in [1.54, 1.807) is 6.92 Å². The smallest absolute Gasteiger partial charge is 0.309 e. The number of hydrogen-bond donors (Lipinski definition) is 1. The second kappa shape index (κ2) is 8.11. The molecule has 0 aliphatic heterocycles. The molecule has 1 N–H and O–H groups in total. The van der Waals surface area contributed by atoms with Gasteiger partial charge in [-0.2, -0.15) is 10.2 Å². The number of nitro groups is 1. The van der Waals surface area contributed by atoms with Crippen molar-refractivity contribution in [2.24, 2.45) is 0 Å². The molecule has 0 aliphatic carbocycles. The first-order chi connectivity index (χ1) is 11.8. The van der Waals surface area contributed by atoms with Crippen LogP contribution >= 0.6 is 11.6 Å². The second-order valence-electron chi connectivity index (χ2n) is 5.78. The number of amides is 1. The summed E-state index contributed by atoms with van der Waals surface area (Å²) < 4.78 is 3.25. The molecule has 0 aromatic carbocycles. The number of nitrogens with one attached hydrogen (secondary N) is 1. The first kappa shape index (κ1) is 18.9. The van der Waals surface area contributed by atoms with Crippen LogP contribution in [0, 0.1) is 30.9 Å². The van der Waals surface area contributed by atoms with Crippen LogP contribution in [0.15, 0.2) is 6.20 Å². The molecule has 0 saturated heterocycles. The van der Waals surface area contributed by atoms with E-state index in [9.17, 15) is 14.9 Å². The van der Waals surface area contributed by atoms with E-state index in [2.05, 4.69) is 15.5 Å². The van der Waals surface area contributed by atoms with Gasteiger partial charge in [-0.1, -0.05) is 11.6 Å². The van der Waals surface area contributed by atoms with Gasteiger partial charge in [-0.15, -0.1) is 0 Å². The van der Waals surface area contributed by atoms with Gasteiger partial charge < -0.3 is 5.32 Å². The molecule has 0 saturated carbocycles. The van der Waals surface area contributed by atoms with Crippen molar-refractivity contribution < 1.29 is 9.72 Å². The molecule has 0 radical (unpaired) electrons. The standard InChI is InChI=1S/C15H21ClN6O3/c1-10-13(22(24)25)9-20(18-10)8-5-14(23)17-6-4-7-21-12(3)15(16)11(2)19-21/h9H,4-8H2,1-3H3,(H,17,23). The zero-order valence-electron chi connectivity index (χ0n) is 14.5. The molecule has 10 heteroatoms. The molecule has 0 bridgehead atoms. The Morgan fingerprint density at radius 3 is 2.56 bits per heavy atom. The summed E-state index contributed by atoms with van der Waals surface area (Å²) in [4.78, 5) is 22.1. The van der Waals surface area contributed by atoms with E-state index in [1.165, 1.54) is 10.9 Å². The number of aromatic nitrogens is 4. The van der Waals surface area contributed by atoms with Crippen LogP contribution in [-0.4, -0.2) is 36.9 Å². The molecule has 0 fully saturated rings. The van der Waals surface area contributed by atoms with Crippen molar-refractivity contribution in [1.29, 1.82) is 0 Å². The Balaban J connectivity index is 1.71. The minimum Gasteiger partial charge on any atom is -0.356 e. The number of aryl methyl sites for hydroxylation is 4. The fourth-order valence-electron chi connectivity index (χ4n) is 2.46. The number of halogens is 1. The topological polar surface area (TPSA) is 108 Å². The van der Waals surface area contributed by atoms with E-state index in [4.69, 9.17) is 11.6 Å². The maximum atomic E-state index is 11.8. The zero-order chi connectivity index (χ0) is 18.6. The highest BCUT2D eigenvalue weighted by Crippen LogP contribution is 2.19. The fraction of sp³-hybridized carbons (Fsp3) is 0.533. The lowest BCUT2D eigenvalue weighted by molar-refractivity contribution is -0.385. The average Bonchev–Trinajstić information content (AvgIpc) is 3.05. The van der Waals surface area contributed by atoms with Crippen molar-refractivity contribution in [2.75, 3.05) is 6.54 Å². The van der Waals surface area contributed by atoms with Gasteiger partial charge in [-0.25, -0.2) is 0 Å². The highest BCUT2D eigenvalue weighted by Gasteiger charge is 2.15. The van der Waals surface area contributed by atoms with Crippen LogP contribution in [0.5, 0.6) is 0 Å². The molecule has 136 valence electrons. The van der Waals surface area contributed by atoms with Crippen LogP contribution in [0.25, 0.3) is 0 Å². The molecule has 2 aromatic heterocycles. The molecule has 0 aliphatic rings. The Kier molecular flexibility index (Phi) is 6.13. The van der Waals surface area contributed by atoms with Crippen molar-refractivity contribution in [3.05, 3.63) is 38.4 Å². The van der Waals surface area contributed by atoms with E-state index in [0.29, 0.717) is 30.4 Å². The SMILES string of the molecule is Cc1nn(CCC(=O)NCCCn2nc(C)c(Cl)c2C)cc1[N+](=O)[O-]. The molecule has 0 atom stereocenters. The molecule has 2 rings (SSSR count). The molecular formula is C15H21ClN6O3. The van der Waals surface area contributed by atoms with Crippen LogP contribution in [0.3, 0.4) is 0 Å². The van der Waals surface area contributed by atoms with Crippen LogP contribution in [0.2, 0.25) is 5.02 Å². The van der Waals surface area contributed by atoms with Crippen LogP contribution in [0.1, 0.15) is 29.9 Å². The van der Waals surface area contributed by atoms with Gasteiger partial charge in [0.2, 0.25) is 5.91 Å². The third-order valence-corrected chi connectivity index (χ3v) is 4.39. The fourth-order valence-corrected chi connectivity index (χ4v) is 2.59. The quantitative estimate of drug-likeness (QED) is 0.436. The third-order valence-electron chi connectivity index (χ3n) is 3.85. The van der Waals surface area contributed by atoms with Gasteiger partial charge >= 0.3 is 5.69 Å². The van der Waals surface area contributed by atoms with Crippen molar-refractivity contribution in [3.8, 4) is 0 Å². The second-order valence-corrected chi connectivity index (χ2v) is 6.16. The van der Waals surface area contributed by atoms with Crippen molar-refractivity contribution in [2.45, 2.75) is 46.7 Å². The van der Waals surface area contributed by atoms with E-state index in [0.717, 1.165) is 17.8 Å². The van der Waals surface area contributed by atoms with E-state index < -0.39 is 4.92 Å². The summed E-state index contributed by atoms with van der Waals surface area (Å²) in [6.07, 6.45) is 2.29. The summed E-state index contributed by atoms with van der Waals surface area (Å²) in [5, 5.41) is 22.6. The molecular weight excluding hydrogens is 348 g/mol. The summed E-state index contributed by atoms with van der Waals surface area (Å²) in [7, 11) is 0. The molecule has 2 heterocycles. The lowest BCUT2D eigenvalue weighted by atomic mass is 10.3. The Labute approximate surface area is 150 Å². The predicted molar refractivity (Wildman–Crippen MR) is 92.6 cm³/mol. The lowest BCUT2D eigenvalue weighted by Crippen LogP contribution is -2.26. The Morgan fingerprint density at radius 2 is 2.00 bits per heavy atom. The van der Waals surface area contributed by atoms with Gasteiger partial charge in [0.1, 0.15) is 11.9 Å². The normalized spacial score (nSPS) is 10.9. The zero-order valence-corrected chi connectivity index (χ0v) is 15.2. The first-order valence-electron chi connectivity index (χ1n) is 7.94. The summed E-state index contributed by atoms with van der Waals surface area (Å²) in [6.45, 7) is 6.83. The lowest BCUT2D eigenvalue weighted by Gasteiger charge is -2.07. The van der Waals surface area contributed by atoms with E-state index in [-0.39, 0.29) is 18.0 Å². The largest absolute Gasteiger partial charge is 0.356 e. The highest BCUT2D eigenvalue weighted by atomic mass is 35.5. The maximum Gasteiger partial charge on any atom is 0.309 e. The molecule has 25 heavy (non-hydrogen) atoms. The number of carbonyl (C=O) groups excluding carboxylic acids is 1. The van der Waals surface area contributed by atoms with Gasteiger partial charge in [-0.3, -0.25) is 24.3 Å². The van der Waals surface area contributed by atoms with Gasteiger partial charge in [0.05, 0.1) is 21.3 Å². The van der Waals surface area contributed by atoms with Crippen LogP contribution in [-0.2, 0) is 17.9 Å². The predicted octanol–water partition coefficient (Wildman–Crippen LogP) is 2.16. The first-order valence-corrected chi connectivity index (χ1v) is 8.32. The van der Waals surface area contributed by atoms with Crippen LogP contribution in [0.4, 0.5) is 5.69 Å². The molecule has 2 aromatic rings. The summed E-state index contributed by atoms with van der Waals surface area (Å²) >= 11 is 6.09. The minimum atomic E-state index is -0.482. The van der Waals surface area contributed by atoms with Crippen molar-refractivity contribution in [3.63, 3.8) is 0 Å². The van der Waals surface area contributed by atoms with Gasteiger partial charge in [0.25, 0.3) is 0 Å². The Hall–Kier alpha value is -2.42. The third kappa shape index (κ3) is 4.79. The van der Waals surface area contributed by atoms with Crippen LogP contribution < -0.4 is 5.32 Å². The van der Waals surface area contributed by atoms with E-state index >= 15 is 0 Å². The Bertz CT molecular complexity index is 783. The molecule has 9 nitrogen and oxygen atoms in total. The van der Waals surface area contributed by atoms with Crippen molar-refractivity contribution in [1.82, 2.24) is 24.9 Å². The van der Waals surface area contributed by atoms with E-state index in [1.807, 2.05) is 18.5 Å². The summed E-state index contributed by atoms with van der Waals surface area (Å²) in [5.41, 5.74) is 2.02. The number of hydrogen-bond acceptors (Lipinski definition) is 5. The number of rotatable bonds is 8. The number of carbonyl (C=O) groups is 1. The summed E-state index contributed by atoms with van der Waals surface area (Å²) in [5.74, 6) is -0.123. The Morgan fingerprint density at radius 1 is 1.28 bits per heavy atom. The minimum absolute atomic E-state index is 0.0380. The summed E-state index contributed by atoms with van der Waals surface area (Å²) in [6, 6.07) is 0. The maximum absolute atomic E-state index is 11.8. The monoisotopic (exact) mass is 368 g/mol. The van der Waals surface area contributed by atoms with Gasteiger partial charge in [-0.05, 0) is 27.2 Å². The highest BCUT2D eigenvalue weighted by molar-refractivity contribution is 6.31. The average molecular weight is 369 g/mol. The number of nitrogens with zero attached hydrogens (tertiary/aromatic N) is 5.